The van der Waals surface area contributed by atoms with Crippen LogP contribution in [-0.2, 0) is 10.0 Å². The Morgan fingerprint density at radius 3 is 2.40 bits per heavy atom. The van der Waals surface area contributed by atoms with Gasteiger partial charge in [-0.05, 0) is 18.9 Å². The van der Waals surface area contributed by atoms with Crippen molar-refractivity contribution in [1.82, 2.24) is 14.9 Å². The Kier molecular flexibility index (Phi) is 4.77. The zero-order chi connectivity index (χ0) is 14.6. The second kappa shape index (κ2) is 6.19. The van der Waals surface area contributed by atoms with E-state index in [4.69, 9.17) is 18.0 Å². The summed E-state index contributed by atoms with van der Waals surface area (Å²) in [6.07, 6.45) is 7.88. The number of nitrogens with two attached hydrogens (primary N) is 1. The van der Waals surface area contributed by atoms with E-state index in [0.717, 1.165) is 25.7 Å². The van der Waals surface area contributed by atoms with Crippen molar-refractivity contribution in [1.29, 1.82) is 0 Å². The van der Waals surface area contributed by atoms with Gasteiger partial charge in [0.25, 0.3) is 10.0 Å². The molecule has 0 spiro atoms. The lowest BCUT2D eigenvalue weighted by molar-refractivity contribution is 0.371. The van der Waals surface area contributed by atoms with Crippen LogP contribution in [0.15, 0.2) is 17.3 Å². The Bertz CT molecular complexity index is 546. The van der Waals surface area contributed by atoms with Crippen LogP contribution in [0.1, 0.15) is 44.9 Å². The molecule has 0 bridgehead atoms. The number of sulfonamides is 1. The van der Waals surface area contributed by atoms with E-state index in [1.165, 1.54) is 18.7 Å². The van der Waals surface area contributed by atoms with E-state index in [0.29, 0.717) is 12.8 Å². The first-order valence-electron chi connectivity index (χ1n) is 6.80. The fraction of sp³-hybridized carbons (Fsp3) is 0.667. The Balaban J connectivity index is 2.26. The molecule has 0 unspecified atom stereocenters. The van der Waals surface area contributed by atoms with Gasteiger partial charge in [-0.25, -0.2) is 8.42 Å². The molecular formula is C12H20N4O2S2. The normalized spacial score (nSPS) is 20.0. The molecular weight excluding hydrogens is 296 g/mol. The molecule has 0 aliphatic heterocycles. The largest absolute Gasteiger partial charge is 0.392 e. The molecule has 1 saturated carbocycles. The maximum Gasteiger partial charge on any atom is 0.258 e. The lowest BCUT2D eigenvalue weighted by Gasteiger charge is -2.34. The number of nitrogens with zero attached hydrogens (tertiary/aromatic N) is 1. The minimum atomic E-state index is -3.68. The zero-order valence-corrected chi connectivity index (χ0v) is 12.9. The van der Waals surface area contributed by atoms with Crippen LogP contribution in [-0.4, -0.2) is 29.1 Å². The SMILES string of the molecule is NC(=S)C1(NS(=O)(=O)c2ccn[nH]2)CCCCCCC1. The third kappa shape index (κ3) is 3.36. The summed E-state index contributed by atoms with van der Waals surface area (Å²) in [6.45, 7) is 0. The molecule has 1 heterocycles. The van der Waals surface area contributed by atoms with E-state index in [-0.39, 0.29) is 10.0 Å². The van der Waals surface area contributed by atoms with E-state index in [2.05, 4.69) is 14.9 Å². The first-order chi connectivity index (χ1) is 9.46. The minimum absolute atomic E-state index is 0.0372. The second-order valence-electron chi connectivity index (χ2n) is 5.24. The van der Waals surface area contributed by atoms with Gasteiger partial charge in [0.2, 0.25) is 0 Å². The van der Waals surface area contributed by atoms with Crippen LogP contribution >= 0.6 is 12.2 Å². The number of thiocarbonyl (C=S) groups is 1. The van der Waals surface area contributed by atoms with Gasteiger partial charge in [-0.3, -0.25) is 5.10 Å². The quantitative estimate of drug-likeness (QED) is 0.730. The van der Waals surface area contributed by atoms with Gasteiger partial charge >= 0.3 is 0 Å². The van der Waals surface area contributed by atoms with Gasteiger partial charge in [0.05, 0.1) is 16.7 Å². The Hall–Kier alpha value is -0.990. The number of rotatable bonds is 4. The standard InChI is InChI=1S/C12H20N4O2S2/c13-11(19)12(7-4-2-1-3-5-8-12)16-20(17,18)10-6-9-14-15-10/h6,9,16H,1-5,7-8H2,(H2,13,19)(H,14,15). The zero-order valence-electron chi connectivity index (χ0n) is 11.3. The third-order valence-electron chi connectivity index (χ3n) is 3.77. The Morgan fingerprint density at radius 1 is 1.30 bits per heavy atom. The summed E-state index contributed by atoms with van der Waals surface area (Å²) in [5, 5.41) is 6.18. The van der Waals surface area contributed by atoms with Crippen molar-refractivity contribution < 1.29 is 8.42 Å². The van der Waals surface area contributed by atoms with E-state index in [1.54, 1.807) is 0 Å². The van der Waals surface area contributed by atoms with Crippen molar-refractivity contribution in [3.8, 4) is 0 Å². The van der Waals surface area contributed by atoms with Gasteiger partial charge in [0, 0.05) is 0 Å². The Labute approximate surface area is 124 Å². The molecule has 20 heavy (non-hydrogen) atoms. The lowest BCUT2D eigenvalue weighted by atomic mass is 9.85. The summed E-state index contributed by atoms with van der Waals surface area (Å²) >= 11 is 5.15. The predicted octanol–water partition coefficient (Wildman–Crippen LogP) is 1.46. The molecule has 112 valence electrons. The predicted molar refractivity (Wildman–Crippen MR) is 80.7 cm³/mol. The molecule has 6 nitrogen and oxygen atoms in total. The van der Waals surface area contributed by atoms with Crippen molar-refractivity contribution in [3.05, 3.63) is 12.3 Å². The number of H-pyrrole nitrogens is 1. The van der Waals surface area contributed by atoms with Gasteiger partial charge in [-0.2, -0.15) is 9.82 Å². The van der Waals surface area contributed by atoms with E-state index in [9.17, 15) is 8.42 Å². The van der Waals surface area contributed by atoms with Crippen LogP contribution in [0.4, 0.5) is 0 Å². The average Bonchev–Trinajstić information content (AvgIpc) is 2.86. The highest BCUT2D eigenvalue weighted by molar-refractivity contribution is 7.89. The van der Waals surface area contributed by atoms with Crippen LogP contribution in [0.25, 0.3) is 0 Å². The van der Waals surface area contributed by atoms with Gasteiger partial charge < -0.3 is 5.73 Å². The molecule has 0 aromatic carbocycles. The van der Waals surface area contributed by atoms with Crippen LogP contribution in [0.3, 0.4) is 0 Å². The summed E-state index contributed by atoms with van der Waals surface area (Å²) < 4.78 is 27.5. The monoisotopic (exact) mass is 316 g/mol. The summed E-state index contributed by atoms with van der Waals surface area (Å²) in [7, 11) is -3.68. The first-order valence-corrected chi connectivity index (χ1v) is 8.69. The lowest BCUT2D eigenvalue weighted by Crippen LogP contribution is -2.56. The number of aromatic nitrogens is 2. The van der Waals surface area contributed by atoms with Crippen molar-refractivity contribution in [2.45, 2.75) is 55.5 Å². The van der Waals surface area contributed by atoms with Gasteiger partial charge in [-0.1, -0.05) is 44.3 Å². The minimum Gasteiger partial charge on any atom is -0.392 e. The topological polar surface area (TPSA) is 101 Å². The summed E-state index contributed by atoms with van der Waals surface area (Å²) in [5.74, 6) is 0. The second-order valence-corrected chi connectivity index (χ2v) is 7.33. The highest BCUT2D eigenvalue weighted by atomic mass is 32.2. The van der Waals surface area contributed by atoms with Crippen molar-refractivity contribution in [2.24, 2.45) is 5.73 Å². The molecule has 8 heteroatoms. The molecule has 0 saturated heterocycles. The van der Waals surface area contributed by atoms with Crippen LogP contribution in [0.5, 0.6) is 0 Å². The smallest absolute Gasteiger partial charge is 0.258 e. The maximum absolute atomic E-state index is 12.4. The van der Waals surface area contributed by atoms with Gasteiger partial charge in [0.15, 0.2) is 5.03 Å². The first kappa shape index (κ1) is 15.4. The van der Waals surface area contributed by atoms with Crippen molar-refractivity contribution in [2.75, 3.05) is 0 Å². The highest BCUT2D eigenvalue weighted by Gasteiger charge is 2.38. The van der Waals surface area contributed by atoms with E-state index in [1.807, 2.05) is 0 Å². The summed E-state index contributed by atoms with van der Waals surface area (Å²) in [4.78, 5) is 0.225. The summed E-state index contributed by atoms with van der Waals surface area (Å²) in [5.41, 5.74) is 5.04. The molecule has 0 radical (unpaired) electrons. The molecule has 1 aliphatic carbocycles. The number of hydrogen-bond acceptors (Lipinski definition) is 4. The van der Waals surface area contributed by atoms with Gasteiger partial charge in [0.1, 0.15) is 0 Å². The van der Waals surface area contributed by atoms with Crippen molar-refractivity contribution in [3.63, 3.8) is 0 Å². The average molecular weight is 316 g/mol. The number of nitrogens with one attached hydrogen (secondary N) is 2. The van der Waals surface area contributed by atoms with Crippen LogP contribution < -0.4 is 10.5 Å². The maximum atomic E-state index is 12.4. The van der Waals surface area contributed by atoms with Crippen LogP contribution in [0.2, 0.25) is 0 Å². The molecule has 1 aliphatic rings. The highest BCUT2D eigenvalue weighted by Crippen LogP contribution is 2.28. The molecule has 1 aromatic heterocycles. The fourth-order valence-electron chi connectivity index (χ4n) is 2.61. The van der Waals surface area contributed by atoms with E-state index < -0.39 is 15.6 Å². The van der Waals surface area contributed by atoms with E-state index >= 15 is 0 Å². The molecule has 0 amide bonds. The number of aromatic amines is 1. The molecule has 1 fully saturated rings. The van der Waals surface area contributed by atoms with Crippen molar-refractivity contribution >= 4 is 27.2 Å². The molecule has 0 atom stereocenters. The molecule has 4 N–H and O–H groups in total. The fourth-order valence-corrected chi connectivity index (χ4v) is 4.28. The molecule has 2 rings (SSSR count). The molecule has 1 aromatic rings. The Morgan fingerprint density at radius 2 is 1.90 bits per heavy atom. The summed E-state index contributed by atoms with van der Waals surface area (Å²) in [6, 6.07) is 1.42. The van der Waals surface area contributed by atoms with Crippen LogP contribution in [0, 0.1) is 0 Å². The number of hydrogen-bond donors (Lipinski definition) is 3. The van der Waals surface area contributed by atoms with Gasteiger partial charge in [-0.15, -0.1) is 0 Å². The third-order valence-corrected chi connectivity index (χ3v) is 5.63.